The Hall–Kier alpha value is -0.960. The molecule has 0 radical (unpaired) electrons. The van der Waals surface area contributed by atoms with Crippen LogP contribution in [-0.2, 0) is 10.0 Å². The summed E-state index contributed by atoms with van der Waals surface area (Å²) in [4.78, 5) is 10.9. The second-order valence-electron chi connectivity index (χ2n) is 5.56. The molecule has 0 aliphatic rings. The van der Waals surface area contributed by atoms with Crippen LogP contribution in [0.2, 0.25) is 0 Å². The topological polar surface area (TPSA) is 104 Å². The van der Waals surface area contributed by atoms with E-state index in [4.69, 9.17) is 10.2 Å². The molecule has 1 rings (SSSR count). The first-order chi connectivity index (χ1) is 9.50. The largest absolute Gasteiger partial charge is 0.478 e. The molecule has 21 heavy (non-hydrogen) atoms. The van der Waals surface area contributed by atoms with Crippen LogP contribution >= 0.6 is 15.9 Å². The highest BCUT2D eigenvalue weighted by atomic mass is 79.9. The summed E-state index contributed by atoms with van der Waals surface area (Å²) in [6, 6.07) is 2.50. The molecule has 1 aromatic carbocycles. The number of sulfonamides is 1. The monoisotopic (exact) mass is 379 g/mol. The van der Waals surface area contributed by atoms with Crippen molar-refractivity contribution in [3.05, 3.63) is 27.7 Å². The van der Waals surface area contributed by atoms with E-state index in [2.05, 4.69) is 20.7 Å². The van der Waals surface area contributed by atoms with Gasteiger partial charge < -0.3 is 10.2 Å². The molecule has 0 saturated carbocycles. The van der Waals surface area contributed by atoms with Gasteiger partial charge in [-0.25, -0.2) is 17.9 Å². The first-order valence-electron chi connectivity index (χ1n) is 6.14. The molecule has 0 unspecified atom stereocenters. The Bertz CT molecular complexity index is 655. The molecule has 0 atom stereocenters. The number of hydrogen-bond donors (Lipinski definition) is 3. The maximum atomic E-state index is 12.3. The van der Waals surface area contributed by atoms with Crippen molar-refractivity contribution >= 4 is 31.9 Å². The third-order valence-electron chi connectivity index (χ3n) is 2.93. The summed E-state index contributed by atoms with van der Waals surface area (Å²) in [6.07, 6.45) is 0. The van der Waals surface area contributed by atoms with Gasteiger partial charge in [0, 0.05) is 23.0 Å². The zero-order valence-corrected chi connectivity index (χ0v) is 14.4. The van der Waals surface area contributed by atoms with Gasteiger partial charge >= 0.3 is 5.97 Å². The average molecular weight is 380 g/mol. The van der Waals surface area contributed by atoms with Crippen molar-refractivity contribution in [1.82, 2.24) is 4.72 Å². The number of carboxylic acids is 1. The summed E-state index contributed by atoms with van der Waals surface area (Å²) in [5.74, 6) is -1.20. The summed E-state index contributed by atoms with van der Waals surface area (Å²) < 4.78 is 27.4. The van der Waals surface area contributed by atoms with E-state index in [1.807, 2.05) is 0 Å². The molecule has 6 nitrogen and oxygen atoms in total. The summed E-state index contributed by atoms with van der Waals surface area (Å²) in [5.41, 5.74) is -0.201. The second kappa shape index (κ2) is 6.43. The number of aromatic carboxylic acids is 1. The third kappa shape index (κ3) is 4.50. The van der Waals surface area contributed by atoms with Gasteiger partial charge in [0.15, 0.2) is 0 Å². The summed E-state index contributed by atoms with van der Waals surface area (Å²) in [7, 11) is -3.88. The third-order valence-corrected chi connectivity index (χ3v) is 5.67. The number of nitrogens with one attached hydrogen (secondary N) is 1. The lowest BCUT2D eigenvalue weighted by molar-refractivity contribution is 0.0696. The normalized spacial score (nSPS) is 12.4. The van der Waals surface area contributed by atoms with E-state index >= 15 is 0 Å². The van der Waals surface area contributed by atoms with Gasteiger partial charge in [0.2, 0.25) is 10.0 Å². The molecular formula is C13H18BrNO5S. The Kier molecular flexibility index (Phi) is 5.54. The number of rotatable bonds is 6. The van der Waals surface area contributed by atoms with Crippen LogP contribution in [0, 0.1) is 12.3 Å². The number of aliphatic hydroxyl groups is 1. The minimum Gasteiger partial charge on any atom is -0.478 e. The number of halogens is 1. The number of carbonyl (C=O) groups is 1. The first kappa shape index (κ1) is 18.1. The minimum atomic E-state index is -3.88. The zero-order valence-electron chi connectivity index (χ0n) is 12.0. The van der Waals surface area contributed by atoms with Crippen molar-refractivity contribution in [2.24, 2.45) is 5.41 Å². The molecule has 3 N–H and O–H groups in total. The molecule has 0 fully saturated rings. The van der Waals surface area contributed by atoms with Crippen LogP contribution in [0.15, 0.2) is 21.5 Å². The molecule has 8 heteroatoms. The molecular weight excluding hydrogens is 362 g/mol. The summed E-state index contributed by atoms with van der Waals surface area (Å²) in [5, 5.41) is 18.2. The molecule has 0 aromatic heterocycles. The van der Waals surface area contributed by atoms with Gasteiger partial charge in [-0.1, -0.05) is 13.8 Å². The van der Waals surface area contributed by atoms with Crippen molar-refractivity contribution in [3.63, 3.8) is 0 Å². The average Bonchev–Trinajstić information content (AvgIpc) is 2.39. The van der Waals surface area contributed by atoms with Gasteiger partial charge in [-0.05, 0) is 40.5 Å². The lowest BCUT2D eigenvalue weighted by Gasteiger charge is -2.22. The molecule has 0 saturated heterocycles. The SMILES string of the molecule is Cc1cc(C(=O)O)cc(S(=O)(=O)NCC(C)(C)CO)c1Br. The van der Waals surface area contributed by atoms with Crippen molar-refractivity contribution in [2.45, 2.75) is 25.7 Å². The smallest absolute Gasteiger partial charge is 0.335 e. The zero-order chi connectivity index (χ0) is 16.4. The number of hydrogen-bond acceptors (Lipinski definition) is 4. The van der Waals surface area contributed by atoms with Gasteiger partial charge in [-0.15, -0.1) is 0 Å². The highest BCUT2D eigenvalue weighted by Crippen LogP contribution is 2.27. The predicted octanol–water partition coefficient (Wildman–Crippen LogP) is 1.75. The van der Waals surface area contributed by atoms with E-state index in [1.54, 1.807) is 20.8 Å². The standard InChI is InChI=1S/C13H18BrNO5S/c1-8-4-9(12(17)18)5-10(11(8)14)21(19,20)15-6-13(2,3)7-16/h4-5,15-16H,6-7H2,1-3H3,(H,17,18). The number of benzene rings is 1. The Balaban J connectivity index is 3.22. The van der Waals surface area contributed by atoms with Crippen LogP contribution in [0.4, 0.5) is 0 Å². The van der Waals surface area contributed by atoms with Gasteiger partial charge in [-0.2, -0.15) is 0 Å². The van der Waals surface area contributed by atoms with E-state index in [0.29, 0.717) is 10.0 Å². The molecule has 0 heterocycles. The Labute approximate surface area is 132 Å². The van der Waals surface area contributed by atoms with E-state index in [9.17, 15) is 13.2 Å². The van der Waals surface area contributed by atoms with Crippen LogP contribution in [0.3, 0.4) is 0 Å². The second-order valence-corrected chi connectivity index (χ2v) is 8.09. The van der Waals surface area contributed by atoms with E-state index in [-0.39, 0.29) is 23.6 Å². The number of aliphatic hydroxyl groups excluding tert-OH is 1. The van der Waals surface area contributed by atoms with Gasteiger partial charge in [0.25, 0.3) is 0 Å². The Morgan fingerprint density at radius 3 is 2.43 bits per heavy atom. The molecule has 0 aliphatic heterocycles. The number of carboxylic acid groups (broad SMARTS) is 1. The maximum absolute atomic E-state index is 12.3. The highest BCUT2D eigenvalue weighted by Gasteiger charge is 2.25. The molecule has 0 aliphatic carbocycles. The van der Waals surface area contributed by atoms with Crippen molar-refractivity contribution in [2.75, 3.05) is 13.2 Å². The quantitative estimate of drug-likeness (QED) is 0.698. The molecule has 0 spiro atoms. The van der Waals surface area contributed by atoms with Crippen molar-refractivity contribution < 1.29 is 23.4 Å². The van der Waals surface area contributed by atoms with E-state index in [0.717, 1.165) is 6.07 Å². The van der Waals surface area contributed by atoms with E-state index in [1.165, 1.54) is 6.07 Å². The summed E-state index contributed by atoms with van der Waals surface area (Å²) in [6.45, 7) is 4.90. The van der Waals surface area contributed by atoms with Gasteiger partial charge in [-0.3, -0.25) is 0 Å². The fourth-order valence-corrected chi connectivity index (χ4v) is 3.76. The van der Waals surface area contributed by atoms with Crippen molar-refractivity contribution in [3.8, 4) is 0 Å². The molecule has 0 amide bonds. The van der Waals surface area contributed by atoms with Crippen LogP contribution in [0.25, 0.3) is 0 Å². The minimum absolute atomic E-state index is 0.0363. The molecule has 1 aromatic rings. The predicted molar refractivity (Wildman–Crippen MR) is 81.9 cm³/mol. The van der Waals surface area contributed by atoms with Gasteiger partial charge in [0.05, 0.1) is 10.5 Å². The maximum Gasteiger partial charge on any atom is 0.335 e. The van der Waals surface area contributed by atoms with Crippen molar-refractivity contribution in [1.29, 1.82) is 0 Å². The lowest BCUT2D eigenvalue weighted by atomic mass is 9.96. The molecule has 0 bridgehead atoms. The Morgan fingerprint density at radius 1 is 1.38 bits per heavy atom. The fraction of sp³-hybridized carbons (Fsp3) is 0.462. The van der Waals surface area contributed by atoms with Crippen LogP contribution in [0.5, 0.6) is 0 Å². The van der Waals surface area contributed by atoms with E-state index < -0.39 is 21.4 Å². The lowest BCUT2D eigenvalue weighted by Crippen LogP contribution is -2.36. The molecule has 118 valence electrons. The summed E-state index contributed by atoms with van der Waals surface area (Å²) >= 11 is 3.18. The number of aryl methyl sites for hydroxylation is 1. The highest BCUT2D eigenvalue weighted by molar-refractivity contribution is 9.10. The van der Waals surface area contributed by atoms with Crippen LogP contribution < -0.4 is 4.72 Å². The fourth-order valence-electron chi connectivity index (χ4n) is 1.48. The van der Waals surface area contributed by atoms with Gasteiger partial charge in [0.1, 0.15) is 0 Å². The van der Waals surface area contributed by atoms with Crippen LogP contribution in [-0.4, -0.2) is 37.8 Å². The first-order valence-corrected chi connectivity index (χ1v) is 8.42. The van der Waals surface area contributed by atoms with Crippen LogP contribution in [0.1, 0.15) is 29.8 Å². The Morgan fingerprint density at radius 2 is 1.95 bits per heavy atom.